The number of aliphatic carboxylic acids is 1. The van der Waals surface area contributed by atoms with E-state index in [-0.39, 0.29) is 12.3 Å². The van der Waals surface area contributed by atoms with Gasteiger partial charge in [0.25, 0.3) is 0 Å². The van der Waals surface area contributed by atoms with Gasteiger partial charge in [0.1, 0.15) is 0 Å². The molecule has 1 heterocycles. The molecule has 0 bridgehead atoms. The lowest BCUT2D eigenvalue weighted by Gasteiger charge is -2.27. The first-order valence-electron chi connectivity index (χ1n) is 5.77. The molecule has 18 heavy (non-hydrogen) atoms. The highest BCUT2D eigenvalue weighted by molar-refractivity contribution is 7.92. The Kier molecular flexibility index (Phi) is 5.09. The predicted octanol–water partition coefficient (Wildman–Crippen LogP) is -1.30. The van der Waals surface area contributed by atoms with Gasteiger partial charge in [-0.25, -0.2) is 8.42 Å². The zero-order valence-electron chi connectivity index (χ0n) is 10.3. The summed E-state index contributed by atoms with van der Waals surface area (Å²) >= 11 is 0. The van der Waals surface area contributed by atoms with Crippen LogP contribution in [0.1, 0.15) is 13.3 Å². The Bertz CT molecular complexity index is 414. The zero-order chi connectivity index (χ0) is 13.8. The minimum absolute atomic E-state index is 0.153. The Balaban J connectivity index is 2.49. The Labute approximate surface area is 106 Å². The maximum absolute atomic E-state index is 11.7. The topological polar surface area (TPSA) is 104 Å². The van der Waals surface area contributed by atoms with Crippen molar-refractivity contribution < 1.29 is 23.1 Å². The van der Waals surface area contributed by atoms with Crippen LogP contribution in [0.4, 0.5) is 0 Å². The zero-order valence-corrected chi connectivity index (χ0v) is 11.1. The van der Waals surface area contributed by atoms with E-state index in [9.17, 15) is 18.0 Å². The maximum atomic E-state index is 11.7. The van der Waals surface area contributed by atoms with Gasteiger partial charge in [-0.05, 0) is 6.92 Å². The van der Waals surface area contributed by atoms with Crippen molar-refractivity contribution in [1.29, 1.82) is 0 Å². The minimum atomic E-state index is -3.76. The molecule has 1 saturated heterocycles. The van der Waals surface area contributed by atoms with Crippen LogP contribution in [0.5, 0.6) is 0 Å². The van der Waals surface area contributed by atoms with Crippen molar-refractivity contribution in [3.8, 4) is 0 Å². The second-order valence-corrected chi connectivity index (χ2v) is 6.67. The van der Waals surface area contributed by atoms with Gasteiger partial charge in [0, 0.05) is 32.6 Å². The van der Waals surface area contributed by atoms with E-state index in [1.54, 1.807) is 4.90 Å². The summed E-state index contributed by atoms with van der Waals surface area (Å²) in [4.78, 5) is 23.9. The summed E-state index contributed by atoms with van der Waals surface area (Å²) in [7, 11) is -3.76. The number of carbonyl (C=O) groups is 2. The van der Waals surface area contributed by atoms with Crippen molar-refractivity contribution in [3.05, 3.63) is 0 Å². The van der Waals surface area contributed by atoms with Crippen LogP contribution in [0.25, 0.3) is 0 Å². The number of carbonyl (C=O) groups excluding carboxylic acids is 1. The average molecular weight is 278 g/mol. The molecule has 1 atom stereocenters. The number of nitrogens with zero attached hydrogens (tertiary/aromatic N) is 1. The highest BCUT2D eigenvalue weighted by atomic mass is 32.2. The number of carboxylic acids is 1. The van der Waals surface area contributed by atoms with E-state index in [1.807, 2.05) is 0 Å². The van der Waals surface area contributed by atoms with Crippen LogP contribution in [0.2, 0.25) is 0 Å². The van der Waals surface area contributed by atoms with Crippen molar-refractivity contribution in [2.24, 2.45) is 0 Å². The number of carboxylic acid groups (broad SMARTS) is 1. The third kappa shape index (κ3) is 3.95. The fourth-order valence-corrected chi connectivity index (χ4v) is 2.75. The Morgan fingerprint density at radius 3 is 2.39 bits per heavy atom. The van der Waals surface area contributed by atoms with Gasteiger partial charge in [0.2, 0.25) is 5.91 Å². The molecular weight excluding hydrogens is 260 g/mol. The summed E-state index contributed by atoms with van der Waals surface area (Å²) < 4.78 is 23.2. The molecule has 0 aliphatic carbocycles. The van der Waals surface area contributed by atoms with Crippen LogP contribution in [-0.2, 0) is 19.4 Å². The Hall–Kier alpha value is -1.15. The van der Waals surface area contributed by atoms with E-state index < -0.39 is 26.8 Å². The highest BCUT2D eigenvalue weighted by Gasteiger charge is 2.28. The maximum Gasteiger partial charge on any atom is 0.321 e. The highest BCUT2D eigenvalue weighted by Crippen LogP contribution is 2.06. The summed E-state index contributed by atoms with van der Waals surface area (Å²) in [5.41, 5.74) is 0. The molecule has 0 aromatic heterocycles. The van der Waals surface area contributed by atoms with Crippen LogP contribution in [0, 0.1) is 0 Å². The van der Waals surface area contributed by atoms with Crippen molar-refractivity contribution in [2.75, 3.05) is 31.9 Å². The molecule has 104 valence electrons. The van der Waals surface area contributed by atoms with Crippen LogP contribution in [0.3, 0.4) is 0 Å². The van der Waals surface area contributed by atoms with E-state index in [0.29, 0.717) is 26.2 Å². The third-order valence-electron chi connectivity index (χ3n) is 2.96. The molecule has 8 heteroatoms. The number of nitrogens with one attached hydrogen (secondary N) is 1. The number of sulfone groups is 1. The number of piperazine rings is 1. The summed E-state index contributed by atoms with van der Waals surface area (Å²) in [5.74, 6) is -2.04. The average Bonchev–Trinajstić information content (AvgIpc) is 2.36. The summed E-state index contributed by atoms with van der Waals surface area (Å²) in [6.07, 6.45) is -0.153. The van der Waals surface area contributed by atoms with E-state index in [2.05, 4.69) is 5.32 Å². The summed E-state index contributed by atoms with van der Waals surface area (Å²) in [6, 6.07) is 0. The minimum Gasteiger partial charge on any atom is -0.480 e. The molecule has 1 aliphatic rings. The molecule has 1 amide bonds. The van der Waals surface area contributed by atoms with E-state index in [1.165, 1.54) is 0 Å². The number of rotatable bonds is 5. The van der Waals surface area contributed by atoms with Crippen molar-refractivity contribution in [3.63, 3.8) is 0 Å². The largest absolute Gasteiger partial charge is 0.480 e. The Morgan fingerprint density at radius 1 is 1.33 bits per heavy atom. The lowest BCUT2D eigenvalue weighted by Crippen LogP contribution is -2.47. The van der Waals surface area contributed by atoms with Gasteiger partial charge < -0.3 is 15.3 Å². The second kappa shape index (κ2) is 6.14. The summed E-state index contributed by atoms with van der Waals surface area (Å²) in [6.45, 7) is 3.64. The van der Waals surface area contributed by atoms with Crippen molar-refractivity contribution in [2.45, 2.75) is 18.6 Å². The number of hydrogen-bond acceptors (Lipinski definition) is 5. The molecule has 1 fully saturated rings. The lowest BCUT2D eigenvalue weighted by atomic mass is 10.3. The molecule has 2 N–H and O–H groups in total. The van der Waals surface area contributed by atoms with Crippen LogP contribution in [0.15, 0.2) is 0 Å². The molecule has 0 spiro atoms. The molecule has 7 nitrogen and oxygen atoms in total. The molecule has 0 radical (unpaired) electrons. The van der Waals surface area contributed by atoms with Crippen molar-refractivity contribution >= 4 is 21.7 Å². The standard InChI is InChI=1S/C10H18N2O5S/c1-8(10(14)15)18(16,17)7-2-9(13)12-5-3-11-4-6-12/h8,11H,2-7H2,1H3,(H,14,15). The van der Waals surface area contributed by atoms with Gasteiger partial charge in [-0.15, -0.1) is 0 Å². The molecule has 0 saturated carbocycles. The van der Waals surface area contributed by atoms with Crippen LogP contribution < -0.4 is 5.32 Å². The van der Waals surface area contributed by atoms with E-state index in [4.69, 9.17) is 5.11 Å². The predicted molar refractivity (Wildman–Crippen MR) is 65.0 cm³/mol. The van der Waals surface area contributed by atoms with Gasteiger partial charge in [0.05, 0.1) is 5.75 Å². The molecule has 1 aliphatic heterocycles. The van der Waals surface area contributed by atoms with Crippen molar-refractivity contribution in [1.82, 2.24) is 10.2 Å². The third-order valence-corrected chi connectivity index (χ3v) is 5.01. The SMILES string of the molecule is CC(C(=O)O)S(=O)(=O)CCC(=O)N1CCNCC1. The summed E-state index contributed by atoms with van der Waals surface area (Å²) in [5, 5.41) is 10.3. The second-order valence-electron chi connectivity index (χ2n) is 4.23. The van der Waals surface area contributed by atoms with Crippen LogP contribution in [-0.4, -0.2) is 67.5 Å². The first-order chi connectivity index (χ1) is 8.34. The normalized spacial score (nSPS) is 18.4. The first-order valence-corrected chi connectivity index (χ1v) is 7.49. The van der Waals surface area contributed by atoms with Gasteiger partial charge >= 0.3 is 5.97 Å². The van der Waals surface area contributed by atoms with Gasteiger partial charge in [0.15, 0.2) is 15.1 Å². The van der Waals surface area contributed by atoms with Gasteiger partial charge in [-0.2, -0.15) is 0 Å². The molecule has 1 rings (SSSR count). The van der Waals surface area contributed by atoms with Gasteiger partial charge in [-0.1, -0.05) is 0 Å². The van der Waals surface area contributed by atoms with E-state index in [0.717, 1.165) is 6.92 Å². The molecular formula is C10H18N2O5S. The number of amides is 1. The van der Waals surface area contributed by atoms with Gasteiger partial charge in [-0.3, -0.25) is 9.59 Å². The Morgan fingerprint density at radius 2 is 1.89 bits per heavy atom. The molecule has 0 aromatic rings. The fraction of sp³-hybridized carbons (Fsp3) is 0.800. The fourth-order valence-electron chi connectivity index (χ4n) is 1.63. The number of hydrogen-bond donors (Lipinski definition) is 2. The lowest BCUT2D eigenvalue weighted by molar-refractivity contribution is -0.136. The smallest absolute Gasteiger partial charge is 0.321 e. The monoisotopic (exact) mass is 278 g/mol. The van der Waals surface area contributed by atoms with Crippen LogP contribution >= 0.6 is 0 Å². The quantitative estimate of drug-likeness (QED) is 0.647. The first kappa shape index (κ1) is 14.9. The molecule has 0 aromatic carbocycles. The van der Waals surface area contributed by atoms with E-state index >= 15 is 0 Å². The molecule has 1 unspecified atom stereocenters.